The van der Waals surface area contributed by atoms with E-state index in [1.165, 1.54) is 12.1 Å². The molecule has 0 atom stereocenters. The van der Waals surface area contributed by atoms with Crippen LogP contribution in [0.3, 0.4) is 0 Å². The zero-order chi connectivity index (χ0) is 13.4. The number of H-pyrrole nitrogens is 1. The lowest BCUT2D eigenvalue weighted by atomic mass is 10.0. The van der Waals surface area contributed by atoms with E-state index in [-0.39, 0.29) is 5.82 Å². The molecule has 96 valence electrons. The number of halogens is 1. The summed E-state index contributed by atoms with van der Waals surface area (Å²) in [4.78, 5) is 0. The van der Waals surface area contributed by atoms with Crippen molar-refractivity contribution in [1.29, 1.82) is 0 Å². The van der Waals surface area contributed by atoms with Gasteiger partial charge in [-0.15, -0.1) is 0 Å². The lowest BCUT2D eigenvalue weighted by Crippen LogP contribution is -1.91. The van der Waals surface area contributed by atoms with Crippen molar-refractivity contribution in [2.75, 3.05) is 5.73 Å². The fraction of sp³-hybridized carbons (Fsp3) is 0.0769. The van der Waals surface area contributed by atoms with Gasteiger partial charge in [-0.3, -0.25) is 9.78 Å². The van der Waals surface area contributed by atoms with Crippen LogP contribution in [0.4, 0.5) is 10.2 Å². The Morgan fingerprint density at radius 1 is 1.32 bits per heavy atom. The van der Waals surface area contributed by atoms with Crippen LogP contribution in [-0.2, 0) is 7.05 Å². The van der Waals surface area contributed by atoms with Gasteiger partial charge >= 0.3 is 0 Å². The zero-order valence-electron chi connectivity index (χ0n) is 10.3. The van der Waals surface area contributed by atoms with Crippen molar-refractivity contribution in [3.05, 3.63) is 42.3 Å². The Morgan fingerprint density at radius 2 is 2.16 bits per heavy atom. The molecule has 0 unspecified atom stereocenters. The molecule has 0 radical (unpaired) electrons. The van der Waals surface area contributed by atoms with Crippen LogP contribution in [0, 0.1) is 5.82 Å². The first-order valence-electron chi connectivity index (χ1n) is 5.75. The number of anilines is 1. The standard InChI is InChI=1S/C13H12FN5/c1-19-6-5-10(18-19)12-11(13(15)17-16-12)8-3-2-4-9(14)7-8/h2-7H,1H3,(H3,15,16,17). The maximum Gasteiger partial charge on any atom is 0.153 e. The largest absolute Gasteiger partial charge is 0.382 e. The Bertz CT molecular complexity index is 728. The predicted octanol–water partition coefficient (Wildman–Crippen LogP) is 2.20. The molecular weight excluding hydrogens is 245 g/mol. The number of nitrogens with two attached hydrogens (primary N) is 1. The maximum atomic E-state index is 13.3. The lowest BCUT2D eigenvalue weighted by molar-refractivity contribution is 0.628. The molecule has 0 saturated heterocycles. The Kier molecular flexibility index (Phi) is 2.56. The van der Waals surface area contributed by atoms with Crippen molar-refractivity contribution in [2.24, 2.45) is 7.05 Å². The molecule has 0 fully saturated rings. The number of nitrogens with one attached hydrogen (secondary N) is 1. The average molecular weight is 257 g/mol. The highest BCUT2D eigenvalue weighted by molar-refractivity contribution is 5.86. The number of hydrogen-bond donors (Lipinski definition) is 2. The van der Waals surface area contributed by atoms with Crippen LogP contribution in [0.1, 0.15) is 0 Å². The van der Waals surface area contributed by atoms with Crippen molar-refractivity contribution in [2.45, 2.75) is 0 Å². The summed E-state index contributed by atoms with van der Waals surface area (Å²) < 4.78 is 15.0. The minimum absolute atomic E-state index is 0.315. The van der Waals surface area contributed by atoms with Crippen LogP contribution in [0.5, 0.6) is 0 Å². The van der Waals surface area contributed by atoms with E-state index in [9.17, 15) is 4.39 Å². The first-order valence-corrected chi connectivity index (χ1v) is 5.75. The van der Waals surface area contributed by atoms with Crippen molar-refractivity contribution in [3.8, 4) is 22.5 Å². The van der Waals surface area contributed by atoms with Crippen LogP contribution >= 0.6 is 0 Å². The van der Waals surface area contributed by atoms with Crippen LogP contribution < -0.4 is 5.73 Å². The number of nitrogens with zero attached hydrogens (tertiary/aromatic N) is 3. The first-order chi connectivity index (χ1) is 9.15. The van der Waals surface area contributed by atoms with Gasteiger partial charge in [0.1, 0.15) is 11.5 Å². The summed E-state index contributed by atoms with van der Waals surface area (Å²) in [6.45, 7) is 0. The fourth-order valence-corrected chi connectivity index (χ4v) is 2.03. The minimum atomic E-state index is -0.315. The molecule has 2 aromatic heterocycles. The number of hydrogen-bond acceptors (Lipinski definition) is 3. The second-order valence-electron chi connectivity index (χ2n) is 4.24. The smallest absolute Gasteiger partial charge is 0.153 e. The van der Waals surface area contributed by atoms with Gasteiger partial charge in [-0.05, 0) is 23.8 Å². The molecule has 6 heteroatoms. The quantitative estimate of drug-likeness (QED) is 0.739. The van der Waals surface area contributed by atoms with Gasteiger partial charge in [0, 0.05) is 13.2 Å². The molecule has 0 aliphatic carbocycles. The monoisotopic (exact) mass is 257 g/mol. The van der Waals surface area contributed by atoms with E-state index in [1.807, 2.05) is 19.3 Å². The summed E-state index contributed by atoms with van der Waals surface area (Å²) in [6, 6.07) is 8.08. The second-order valence-corrected chi connectivity index (χ2v) is 4.24. The normalized spacial score (nSPS) is 10.8. The van der Waals surface area contributed by atoms with E-state index >= 15 is 0 Å². The van der Waals surface area contributed by atoms with Crippen LogP contribution in [0.2, 0.25) is 0 Å². The highest BCUT2D eigenvalue weighted by Crippen LogP contribution is 2.33. The first kappa shape index (κ1) is 11.5. The summed E-state index contributed by atoms with van der Waals surface area (Å²) in [6.07, 6.45) is 1.82. The molecule has 0 aliphatic heterocycles. The molecule has 3 aromatic rings. The van der Waals surface area contributed by atoms with Gasteiger partial charge in [-0.25, -0.2) is 4.39 Å². The SMILES string of the molecule is Cn1ccc(-c2[nH]nc(N)c2-c2cccc(F)c2)n1. The van der Waals surface area contributed by atoms with Crippen molar-refractivity contribution >= 4 is 5.82 Å². The molecule has 3 rings (SSSR count). The number of benzene rings is 1. The van der Waals surface area contributed by atoms with E-state index in [1.54, 1.807) is 16.8 Å². The van der Waals surface area contributed by atoms with Gasteiger partial charge in [-0.1, -0.05) is 12.1 Å². The zero-order valence-corrected chi connectivity index (χ0v) is 10.3. The topological polar surface area (TPSA) is 72.5 Å². The van der Waals surface area contributed by atoms with E-state index in [0.29, 0.717) is 28.3 Å². The molecule has 1 aromatic carbocycles. The van der Waals surface area contributed by atoms with E-state index in [0.717, 1.165) is 0 Å². The average Bonchev–Trinajstić information content (AvgIpc) is 2.95. The van der Waals surface area contributed by atoms with Gasteiger partial charge in [0.25, 0.3) is 0 Å². The van der Waals surface area contributed by atoms with Crippen LogP contribution in [-0.4, -0.2) is 20.0 Å². The molecular formula is C13H12FN5. The predicted molar refractivity (Wildman–Crippen MR) is 70.6 cm³/mol. The number of aryl methyl sites for hydroxylation is 1. The lowest BCUT2D eigenvalue weighted by Gasteiger charge is -2.02. The molecule has 0 aliphatic rings. The molecule has 0 amide bonds. The van der Waals surface area contributed by atoms with E-state index in [4.69, 9.17) is 5.73 Å². The highest BCUT2D eigenvalue weighted by atomic mass is 19.1. The van der Waals surface area contributed by atoms with Gasteiger partial charge in [0.15, 0.2) is 5.82 Å². The summed E-state index contributed by atoms with van der Waals surface area (Å²) in [5.41, 5.74) is 8.60. The van der Waals surface area contributed by atoms with Gasteiger partial charge in [0.2, 0.25) is 0 Å². The minimum Gasteiger partial charge on any atom is -0.382 e. The summed E-state index contributed by atoms with van der Waals surface area (Å²) in [5, 5.41) is 11.1. The third-order valence-electron chi connectivity index (χ3n) is 2.88. The summed E-state index contributed by atoms with van der Waals surface area (Å²) >= 11 is 0. The van der Waals surface area contributed by atoms with Crippen molar-refractivity contribution in [1.82, 2.24) is 20.0 Å². The number of rotatable bonds is 2. The molecule has 3 N–H and O–H groups in total. The Morgan fingerprint density at radius 3 is 2.84 bits per heavy atom. The second kappa shape index (κ2) is 4.24. The van der Waals surface area contributed by atoms with E-state index in [2.05, 4.69) is 15.3 Å². The van der Waals surface area contributed by atoms with Crippen molar-refractivity contribution < 1.29 is 4.39 Å². The number of nitrogen functional groups attached to an aromatic ring is 1. The third kappa shape index (κ3) is 1.97. The van der Waals surface area contributed by atoms with Crippen LogP contribution in [0.25, 0.3) is 22.5 Å². The third-order valence-corrected chi connectivity index (χ3v) is 2.88. The van der Waals surface area contributed by atoms with Gasteiger partial charge < -0.3 is 5.73 Å². The van der Waals surface area contributed by atoms with E-state index < -0.39 is 0 Å². The maximum absolute atomic E-state index is 13.3. The number of aromatic nitrogens is 4. The van der Waals surface area contributed by atoms with Crippen molar-refractivity contribution in [3.63, 3.8) is 0 Å². The Balaban J connectivity index is 2.19. The van der Waals surface area contributed by atoms with Gasteiger partial charge in [-0.2, -0.15) is 10.2 Å². The van der Waals surface area contributed by atoms with Gasteiger partial charge in [0.05, 0.1) is 11.3 Å². The molecule has 19 heavy (non-hydrogen) atoms. The number of aromatic amines is 1. The molecule has 2 heterocycles. The Labute approximate surface area is 108 Å². The molecule has 0 bridgehead atoms. The Hall–Kier alpha value is -2.63. The van der Waals surface area contributed by atoms with Crippen LogP contribution in [0.15, 0.2) is 36.5 Å². The summed E-state index contributed by atoms with van der Waals surface area (Å²) in [7, 11) is 1.82. The fourth-order valence-electron chi connectivity index (χ4n) is 2.03. The highest BCUT2D eigenvalue weighted by Gasteiger charge is 2.16. The molecule has 5 nitrogen and oxygen atoms in total. The molecule has 0 spiro atoms. The molecule has 0 saturated carbocycles. The summed E-state index contributed by atoms with van der Waals surface area (Å²) in [5.74, 6) is 0.0105.